The van der Waals surface area contributed by atoms with Gasteiger partial charge >= 0.3 is 6.01 Å². The molecule has 1 aromatic rings. The summed E-state index contributed by atoms with van der Waals surface area (Å²) in [6.07, 6.45) is 1.05. The molecule has 19 heavy (non-hydrogen) atoms. The number of aromatic nitrogens is 3. The van der Waals surface area contributed by atoms with Crippen LogP contribution in [0.1, 0.15) is 33.6 Å². The standard InChI is InChI=1S/C11H22N6O2/c1-4-5-19-11-15-9(14-10(16-11)17-12)13-7(2)6-8(3)18/h7-8,18H,4-6,12H2,1-3H3,(H2,13,14,15,16,17). The van der Waals surface area contributed by atoms with Crippen molar-refractivity contribution in [2.24, 2.45) is 5.84 Å². The van der Waals surface area contributed by atoms with Gasteiger partial charge in [0.25, 0.3) is 0 Å². The van der Waals surface area contributed by atoms with Gasteiger partial charge in [0.15, 0.2) is 0 Å². The summed E-state index contributed by atoms with van der Waals surface area (Å²) in [6.45, 7) is 6.18. The van der Waals surface area contributed by atoms with Crippen LogP contribution in [0.25, 0.3) is 0 Å². The molecule has 0 bridgehead atoms. The maximum absolute atomic E-state index is 9.32. The molecule has 0 aliphatic carbocycles. The first-order valence-electron chi connectivity index (χ1n) is 6.35. The normalized spacial score (nSPS) is 13.7. The highest BCUT2D eigenvalue weighted by Gasteiger charge is 2.11. The smallest absolute Gasteiger partial charge is 0.323 e. The molecule has 2 atom stereocenters. The number of rotatable bonds is 8. The highest BCUT2D eigenvalue weighted by molar-refractivity contribution is 5.35. The molecular weight excluding hydrogens is 248 g/mol. The number of aliphatic hydroxyl groups excluding tert-OH is 1. The molecule has 0 aromatic carbocycles. The van der Waals surface area contributed by atoms with Crippen LogP contribution in [0.2, 0.25) is 0 Å². The highest BCUT2D eigenvalue weighted by atomic mass is 16.5. The molecule has 5 N–H and O–H groups in total. The molecule has 1 heterocycles. The lowest BCUT2D eigenvalue weighted by atomic mass is 10.2. The second kappa shape index (κ2) is 7.70. The van der Waals surface area contributed by atoms with Crippen LogP contribution >= 0.6 is 0 Å². The van der Waals surface area contributed by atoms with Crippen molar-refractivity contribution >= 4 is 11.9 Å². The molecule has 108 valence electrons. The lowest BCUT2D eigenvalue weighted by molar-refractivity contribution is 0.179. The number of nitrogens with two attached hydrogens (primary N) is 1. The van der Waals surface area contributed by atoms with E-state index in [1.54, 1.807) is 6.92 Å². The van der Waals surface area contributed by atoms with Crippen molar-refractivity contribution in [3.05, 3.63) is 0 Å². The van der Waals surface area contributed by atoms with Crippen molar-refractivity contribution in [2.75, 3.05) is 17.3 Å². The van der Waals surface area contributed by atoms with Crippen LogP contribution in [0.15, 0.2) is 0 Å². The first kappa shape index (κ1) is 15.4. The first-order valence-corrected chi connectivity index (χ1v) is 6.35. The van der Waals surface area contributed by atoms with Crippen LogP contribution in [-0.2, 0) is 0 Å². The Hall–Kier alpha value is -1.67. The molecule has 0 aliphatic rings. The van der Waals surface area contributed by atoms with E-state index in [-0.39, 0.29) is 18.0 Å². The van der Waals surface area contributed by atoms with Gasteiger partial charge in [0.05, 0.1) is 12.7 Å². The van der Waals surface area contributed by atoms with Gasteiger partial charge in [0, 0.05) is 6.04 Å². The molecule has 1 aromatic heterocycles. The van der Waals surface area contributed by atoms with E-state index in [4.69, 9.17) is 10.6 Å². The van der Waals surface area contributed by atoms with Crippen LogP contribution in [0.4, 0.5) is 11.9 Å². The molecule has 0 spiro atoms. The van der Waals surface area contributed by atoms with Gasteiger partial charge in [-0.15, -0.1) is 0 Å². The van der Waals surface area contributed by atoms with Gasteiger partial charge < -0.3 is 15.2 Å². The first-order chi connectivity index (χ1) is 9.05. The van der Waals surface area contributed by atoms with E-state index in [2.05, 4.69) is 25.7 Å². The molecule has 8 nitrogen and oxygen atoms in total. The maximum Gasteiger partial charge on any atom is 0.323 e. The van der Waals surface area contributed by atoms with Gasteiger partial charge in [-0.3, -0.25) is 5.43 Å². The van der Waals surface area contributed by atoms with Crippen molar-refractivity contribution in [3.63, 3.8) is 0 Å². The van der Waals surface area contributed by atoms with Gasteiger partial charge in [0.1, 0.15) is 0 Å². The zero-order valence-corrected chi connectivity index (χ0v) is 11.6. The summed E-state index contributed by atoms with van der Waals surface area (Å²) in [5.74, 6) is 5.89. The topological polar surface area (TPSA) is 118 Å². The Bertz CT molecular complexity index is 387. The highest BCUT2D eigenvalue weighted by Crippen LogP contribution is 2.12. The fraction of sp³-hybridized carbons (Fsp3) is 0.727. The number of anilines is 2. The van der Waals surface area contributed by atoms with Gasteiger partial charge in [-0.1, -0.05) is 6.92 Å². The van der Waals surface area contributed by atoms with Crippen molar-refractivity contribution in [3.8, 4) is 6.01 Å². The van der Waals surface area contributed by atoms with Crippen LogP contribution in [0.5, 0.6) is 6.01 Å². The van der Waals surface area contributed by atoms with Crippen molar-refractivity contribution in [1.29, 1.82) is 0 Å². The number of ether oxygens (including phenoxy) is 1. The SMILES string of the molecule is CCCOc1nc(NN)nc(NC(C)CC(C)O)n1. The number of hydrogen-bond acceptors (Lipinski definition) is 8. The van der Waals surface area contributed by atoms with E-state index in [0.717, 1.165) is 6.42 Å². The Kier molecular flexibility index (Phi) is 6.23. The lowest BCUT2D eigenvalue weighted by Crippen LogP contribution is -2.23. The van der Waals surface area contributed by atoms with Crippen molar-refractivity contribution < 1.29 is 9.84 Å². The summed E-state index contributed by atoms with van der Waals surface area (Å²) >= 11 is 0. The van der Waals surface area contributed by atoms with Crippen LogP contribution in [0.3, 0.4) is 0 Å². The van der Waals surface area contributed by atoms with E-state index in [1.165, 1.54) is 0 Å². The third kappa shape index (κ3) is 5.66. The van der Waals surface area contributed by atoms with E-state index < -0.39 is 6.10 Å². The van der Waals surface area contributed by atoms with E-state index in [1.807, 2.05) is 13.8 Å². The molecule has 0 saturated carbocycles. The monoisotopic (exact) mass is 270 g/mol. The third-order valence-electron chi connectivity index (χ3n) is 2.25. The van der Waals surface area contributed by atoms with Crippen molar-refractivity contribution in [2.45, 2.75) is 45.8 Å². The number of nitrogen functional groups attached to an aromatic ring is 1. The molecule has 0 amide bonds. The number of aliphatic hydroxyl groups is 1. The summed E-state index contributed by atoms with van der Waals surface area (Å²) in [6, 6.07) is 0.239. The zero-order chi connectivity index (χ0) is 14.3. The largest absolute Gasteiger partial charge is 0.463 e. The molecule has 2 unspecified atom stereocenters. The van der Waals surface area contributed by atoms with Crippen LogP contribution in [0, 0.1) is 0 Å². The number of hydrogen-bond donors (Lipinski definition) is 4. The summed E-state index contributed by atoms with van der Waals surface area (Å²) < 4.78 is 5.35. The minimum Gasteiger partial charge on any atom is -0.463 e. The van der Waals surface area contributed by atoms with Crippen LogP contribution in [-0.4, -0.2) is 38.8 Å². The average Bonchev–Trinajstić information content (AvgIpc) is 2.34. The van der Waals surface area contributed by atoms with Crippen LogP contribution < -0.4 is 21.3 Å². The second-order valence-electron chi connectivity index (χ2n) is 4.39. The van der Waals surface area contributed by atoms with E-state index in [0.29, 0.717) is 19.0 Å². The minimum absolute atomic E-state index is 0.0204. The fourth-order valence-electron chi connectivity index (χ4n) is 1.53. The summed E-state index contributed by atoms with van der Waals surface area (Å²) in [7, 11) is 0. The molecular formula is C11H22N6O2. The van der Waals surface area contributed by atoms with Gasteiger partial charge in [-0.25, -0.2) is 5.84 Å². The Labute approximate surface area is 112 Å². The van der Waals surface area contributed by atoms with E-state index in [9.17, 15) is 5.11 Å². The van der Waals surface area contributed by atoms with Gasteiger partial charge in [-0.2, -0.15) is 15.0 Å². The third-order valence-corrected chi connectivity index (χ3v) is 2.25. The quantitative estimate of drug-likeness (QED) is 0.399. The van der Waals surface area contributed by atoms with E-state index >= 15 is 0 Å². The summed E-state index contributed by atoms with van der Waals surface area (Å²) in [4.78, 5) is 12.2. The summed E-state index contributed by atoms with van der Waals surface area (Å²) in [5, 5.41) is 12.4. The Morgan fingerprint density at radius 3 is 2.53 bits per heavy atom. The average molecular weight is 270 g/mol. The number of nitrogens with one attached hydrogen (secondary N) is 2. The number of nitrogens with zero attached hydrogens (tertiary/aromatic N) is 3. The Morgan fingerprint density at radius 2 is 1.95 bits per heavy atom. The summed E-state index contributed by atoms with van der Waals surface area (Å²) in [5.41, 5.74) is 2.37. The predicted molar refractivity (Wildman–Crippen MR) is 72.8 cm³/mol. The Morgan fingerprint density at radius 1 is 1.26 bits per heavy atom. The van der Waals surface area contributed by atoms with Gasteiger partial charge in [-0.05, 0) is 26.7 Å². The fourth-order valence-corrected chi connectivity index (χ4v) is 1.53. The molecule has 0 radical (unpaired) electrons. The molecule has 0 fully saturated rings. The molecule has 8 heteroatoms. The molecule has 0 aliphatic heterocycles. The number of hydrazine groups is 1. The lowest BCUT2D eigenvalue weighted by Gasteiger charge is -2.16. The second-order valence-corrected chi connectivity index (χ2v) is 4.39. The molecule has 0 saturated heterocycles. The zero-order valence-electron chi connectivity index (χ0n) is 11.6. The van der Waals surface area contributed by atoms with Crippen molar-refractivity contribution in [1.82, 2.24) is 15.0 Å². The predicted octanol–water partition coefficient (Wildman–Crippen LogP) is 0.517. The Balaban J connectivity index is 2.75. The van der Waals surface area contributed by atoms with Gasteiger partial charge in [0.2, 0.25) is 11.9 Å². The minimum atomic E-state index is -0.396. The maximum atomic E-state index is 9.32. The molecule has 1 rings (SSSR count).